The molecular formula is C10H17N3O2. The van der Waals surface area contributed by atoms with Crippen LogP contribution in [0, 0.1) is 0 Å². The molecule has 0 aliphatic heterocycles. The van der Waals surface area contributed by atoms with Crippen LogP contribution in [0.5, 0.6) is 0 Å². The topological polar surface area (TPSA) is 67.0 Å². The summed E-state index contributed by atoms with van der Waals surface area (Å²) in [7, 11) is 0. The first kappa shape index (κ1) is 11.7. The van der Waals surface area contributed by atoms with E-state index in [1.165, 1.54) is 6.07 Å². The molecule has 0 aromatic carbocycles. The van der Waals surface area contributed by atoms with E-state index in [9.17, 15) is 4.79 Å². The standard InChI is InChI=1S/C10H17N3O2/c1-2-5-15-6-3-4-11-9-7-10(14)13-12-8-9/h7-8H,2-6H2,1H3,(H2,11,13,14). The third-order valence-corrected chi connectivity index (χ3v) is 1.81. The lowest BCUT2D eigenvalue weighted by molar-refractivity contribution is 0.134. The molecular weight excluding hydrogens is 194 g/mol. The predicted octanol–water partition coefficient (Wildman–Crippen LogP) is 0.998. The third-order valence-electron chi connectivity index (χ3n) is 1.81. The van der Waals surface area contributed by atoms with Gasteiger partial charge in [-0.1, -0.05) is 6.92 Å². The van der Waals surface area contributed by atoms with Crippen LogP contribution in [0.4, 0.5) is 5.69 Å². The number of H-pyrrole nitrogens is 1. The fourth-order valence-corrected chi connectivity index (χ4v) is 1.13. The van der Waals surface area contributed by atoms with Crippen LogP contribution in [0.3, 0.4) is 0 Å². The molecule has 0 unspecified atom stereocenters. The van der Waals surface area contributed by atoms with Crippen molar-refractivity contribution in [2.45, 2.75) is 19.8 Å². The molecule has 5 nitrogen and oxygen atoms in total. The Balaban J connectivity index is 2.12. The first-order valence-electron chi connectivity index (χ1n) is 5.19. The Kier molecular flexibility index (Phi) is 5.47. The molecule has 2 N–H and O–H groups in total. The van der Waals surface area contributed by atoms with Crippen LogP contribution >= 0.6 is 0 Å². The lowest BCUT2D eigenvalue weighted by Crippen LogP contribution is -2.11. The Bertz CT molecular complexity index is 324. The fourth-order valence-electron chi connectivity index (χ4n) is 1.13. The van der Waals surface area contributed by atoms with E-state index in [1.807, 2.05) is 0 Å². The highest BCUT2D eigenvalue weighted by atomic mass is 16.5. The second-order valence-electron chi connectivity index (χ2n) is 3.23. The van der Waals surface area contributed by atoms with Crippen LogP contribution in [0.1, 0.15) is 19.8 Å². The summed E-state index contributed by atoms with van der Waals surface area (Å²) in [6, 6.07) is 1.49. The Hall–Kier alpha value is -1.36. The van der Waals surface area contributed by atoms with Gasteiger partial charge in [-0.25, -0.2) is 5.10 Å². The van der Waals surface area contributed by atoms with Crippen LogP contribution in [-0.2, 0) is 4.74 Å². The Morgan fingerprint density at radius 3 is 3.13 bits per heavy atom. The quantitative estimate of drug-likeness (QED) is 0.660. The van der Waals surface area contributed by atoms with Gasteiger partial charge in [0.2, 0.25) is 0 Å². The van der Waals surface area contributed by atoms with E-state index >= 15 is 0 Å². The molecule has 0 atom stereocenters. The van der Waals surface area contributed by atoms with Crippen molar-refractivity contribution in [3.63, 3.8) is 0 Å². The molecule has 0 saturated carbocycles. The van der Waals surface area contributed by atoms with Gasteiger partial charge < -0.3 is 10.1 Å². The van der Waals surface area contributed by atoms with Gasteiger partial charge in [0, 0.05) is 25.8 Å². The summed E-state index contributed by atoms with van der Waals surface area (Å²) in [5.41, 5.74) is 0.552. The molecule has 0 amide bonds. The molecule has 5 heteroatoms. The Morgan fingerprint density at radius 1 is 1.53 bits per heavy atom. The predicted molar refractivity (Wildman–Crippen MR) is 59.1 cm³/mol. The van der Waals surface area contributed by atoms with Crippen molar-refractivity contribution >= 4 is 5.69 Å². The molecule has 1 aromatic heterocycles. The largest absolute Gasteiger partial charge is 0.383 e. The minimum Gasteiger partial charge on any atom is -0.383 e. The van der Waals surface area contributed by atoms with Crippen molar-refractivity contribution in [1.82, 2.24) is 10.2 Å². The van der Waals surface area contributed by atoms with Gasteiger partial charge in [0.05, 0.1) is 11.9 Å². The van der Waals surface area contributed by atoms with E-state index in [-0.39, 0.29) is 5.56 Å². The Morgan fingerprint density at radius 2 is 2.40 bits per heavy atom. The van der Waals surface area contributed by atoms with Crippen molar-refractivity contribution in [1.29, 1.82) is 0 Å². The number of hydrogen-bond donors (Lipinski definition) is 2. The SMILES string of the molecule is CCCOCCCNc1cn[nH]c(=O)c1. The van der Waals surface area contributed by atoms with Gasteiger partial charge in [-0.15, -0.1) is 0 Å². The summed E-state index contributed by atoms with van der Waals surface area (Å²) in [6.07, 6.45) is 3.56. The van der Waals surface area contributed by atoms with E-state index in [0.29, 0.717) is 0 Å². The van der Waals surface area contributed by atoms with Gasteiger partial charge in [-0.05, 0) is 12.8 Å². The first-order chi connectivity index (χ1) is 7.33. The average molecular weight is 211 g/mol. The normalized spacial score (nSPS) is 10.2. The van der Waals surface area contributed by atoms with E-state index in [0.717, 1.165) is 38.3 Å². The number of nitrogens with one attached hydrogen (secondary N) is 2. The minimum absolute atomic E-state index is 0.192. The summed E-state index contributed by atoms with van der Waals surface area (Å²) in [5.74, 6) is 0. The van der Waals surface area contributed by atoms with Crippen LogP contribution in [0.25, 0.3) is 0 Å². The molecule has 0 aliphatic carbocycles. The number of hydrogen-bond acceptors (Lipinski definition) is 4. The lowest BCUT2D eigenvalue weighted by atomic mass is 10.4. The van der Waals surface area contributed by atoms with E-state index in [4.69, 9.17) is 4.74 Å². The number of ether oxygens (including phenoxy) is 1. The summed E-state index contributed by atoms with van der Waals surface area (Å²) < 4.78 is 5.32. The molecule has 0 aliphatic rings. The van der Waals surface area contributed by atoms with E-state index in [1.54, 1.807) is 6.20 Å². The number of anilines is 1. The summed E-state index contributed by atoms with van der Waals surface area (Å²) in [5, 5.41) is 9.10. The highest BCUT2D eigenvalue weighted by molar-refractivity contribution is 5.38. The molecule has 0 saturated heterocycles. The maximum absolute atomic E-state index is 10.9. The van der Waals surface area contributed by atoms with Crippen molar-refractivity contribution < 1.29 is 4.74 Å². The average Bonchev–Trinajstić information content (AvgIpc) is 2.23. The number of aromatic amines is 1. The van der Waals surface area contributed by atoms with Gasteiger partial charge in [-0.2, -0.15) is 5.10 Å². The zero-order chi connectivity index (χ0) is 10.9. The zero-order valence-electron chi connectivity index (χ0n) is 8.95. The van der Waals surface area contributed by atoms with Crippen molar-refractivity contribution in [3.05, 3.63) is 22.6 Å². The van der Waals surface area contributed by atoms with Crippen molar-refractivity contribution in [2.75, 3.05) is 25.1 Å². The number of aromatic nitrogens is 2. The number of nitrogens with zero attached hydrogens (tertiary/aromatic N) is 1. The van der Waals surface area contributed by atoms with Gasteiger partial charge in [-0.3, -0.25) is 4.79 Å². The highest BCUT2D eigenvalue weighted by Gasteiger charge is 1.93. The van der Waals surface area contributed by atoms with Crippen LogP contribution in [-0.4, -0.2) is 30.0 Å². The molecule has 1 heterocycles. The first-order valence-corrected chi connectivity index (χ1v) is 5.19. The molecule has 0 fully saturated rings. The molecule has 0 radical (unpaired) electrons. The monoisotopic (exact) mass is 211 g/mol. The zero-order valence-corrected chi connectivity index (χ0v) is 8.95. The minimum atomic E-state index is -0.192. The molecule has 15 heavy (non-hydrogen) atoms. The highest BCUT2D eigenvalue weighted by Crippen LogP contribution is 1.98. The molecule has 0 spiro atoms. The maximum atomic E-state index is 10.9. The van der Waals surface area contributed by atoms with Crippen LogP contribution in [0.2, 0.25) is 0 Å². The van der Waals surface area contributed by atoms with Gasteiger partial charge in [0.1, 0.15) is 0 Å². The van der Waals surface area contributed by atoms with E-state index in [2.05, 4.69) is 22.4 Å². The van der Waals surface area contributed by atoms with Crippen molar-refractivity contribution in [2.24, 2.45) is 0 Å². The molecule has 1 aromatic rings. The third kappa shape index (κ3) is 5.17. The van der Waals surface area contributed by atoms with Gasteiger partial charge >= 0.3 is 0 Å². The second-order valence-corrected chi connectivity index (χ2v) is 3.23. The van der Waals surface area contributed by atoms with Crippen molar-refractivity contribution in [3.8, 4) is 0 Å². The van der Waals surface area contributed by atoms with Crippen LogP contribution < -0.4 is 10.9 Å². The summed E-state index contributed by atoms with van der Waals surface area (Å²) in [6.45, 7) is 4.43. The second kappa shape index (κ2) is 7.00. The maximum Gasteiger partial charge on any atom is 0.266 e. The Labute approximate surface area is 88.9 Å². The fraction of sp³-hybridized carbons (Fsp3) is 0.600. The lowest BCUT2D eigenvalue weighted by Gasteiger charge is -2.05. The summed E-state index contributed by atoms with van der Waals surface area (Å²) >= 11 is 0. The molecule has 0 bridgehead atoms. The van der Waals surface area contributed by atoms with Gasteiger partial charge in [0.25, 0.3) is 5.56 Å². The molecule has 1 rings (SSSR count). The smallest absolute Gasteiger partial charge is 0.266 e. The van der Waals surface area contributed by atoms with Crippen LogP contribution in [0.15, 0.2) is 17.1 Å². The molecule has 84 valence electrons. The summed E-state index contributed by atoms with van der Waals surface area (Å²) in [4.78, 5) is 10.9. The number of rotatable bonds is 7. The van der Waals surface area contributed by atoms with E-state index < -0.39 is 0 Å². The van der Waals surface area contributed by atoms with Gasteiger partial charge in [0.15, 0.2) is 0 Å².